The second kappa shape index (κ2) is 8.13. The molecule has 0 unspecified atom stereocenters. The molecule has 0 atom stereocenters. The van der Waals surface area contributed by atoms with Gasteiger partial charge in [0, 0.05) is 6.54 Å². The maximum atomic E-state index is 8.96. The molecular formula is C13H22BNO3. The van der Waals surface area contributed by atoms with E-state index in [1.54, 1.807) is 24.3 Å². The maximum Gasteiger partial charge on any atom is 0.488 e. The smallest absolute Gasteiger partial charge is 0.488 e. The first kappa shape index (κ1) is 15.0. The van der Waals surface area contributed by atoms with Gasteiger partial charge in [-0.25, -0.2) is 0 Å². The highest BCUT2D eigenvalue weighted by molar-refractivity contribution is 6.58. The van der Waals surface area contributed by atoms with Gasteiger partial charge in [0.1, 0.15) is 12.4 Å². The van der Waals surface area contributed by atoms with E-state index in [0.29, 0.717) is 12.1 Å². The summed E-state index contributed by atoms with van der Waals surface area (Å²) in [5.74, 6) is 0.756. The van der Waals surface area contributed by atoms with Crippen LogP contribution in [0.25, 0.3) is 0 Å². The fourth-order valence-corrected chi connectivity index (χ4v) is 1.77. The van der Waals surface area contributed by atoms with Gasteiger partial charge in [-0.1, -0.05) is 26.0 Å². The molecule has 5 heteroatoms. The first-order chi connectivity index (χ1) is 8.67. The van der Waals surface area contributed by atoms with Crippen molar-refractivity contribution in [1.82, 2.24) is 4.90 Å². The summed E-state index contributed by atoms with van der Waals surface area (Å²) in [7, 11) is -1.42. The molecule has 0 aliphatic heterocycles. The van der Waals surface area contributed by atoms with Crippen LogP contribution in [0.5, 0.6) is 5.75 Å². The highest BCUT2D eigenvalue weighted by Gasteiger charge is 2.09. The highest BCUT2D eigenvalue weighted by Crippen LogP contribution is 2.07. The second-order valence-electron chi connectivity index (χ2n) is 4.23. The lowest BCUT2D eigenvalue weighted by atomic mass is 9.80. The second-order valence-corrected chi connectivity index (χ2v) is 4.23. The molecular weight excluding hydrogens is 229 g/mol. The number of ether oxygens (including phenoxy) is 1. The van der Waals surface area contributed by atoms with Gasteiger partial charge in [-0.15, -0.1) is 0 Å². The molecule has 0 aliphatic carbocycles. The van der Waals surface area contributed by atoms with Gasteiger partial charge in [0.15, 0.2) is 0 Å². The molecule has 0 heterocycles. The molecule has 0 amide bonds. The maximum absolute atomic E-state index is 8.96. The number of benzene rings is 1. The largest absolute Gasteiger partial charge is 0.492 e. The Balaban J connectivity index is 2.34. The average molecular weight is 251 g/mol. The van der Waals surface area contributed by atoms with Crippen molar-refractivity contribution in [2.75, 3.05) is 26.2 Å². The Labute approximate surface area is 109 Å². The molecule has 0 aromatic heterocycles. The van der Waals surface area contributed by atoms with Crippen LogP contribution in [-0.2, 0) is 0 Å². The van der Waals surface area contributed by atoms with E-state index in [4.69, 9.17) is 14.8 Å². The third-order valence-electron chi connectivity index (χ3n) is 2.84. The van der Waals surface area contributed by atoms with Gasteiger partial charge >= 0.3 is 7.12 Å². The molecule has 18 heavy (non-hydrogen) atoms. The van der Waals surface area contributed by atoms with Crippen LogP contribution in [0, 0.1) is 0 Å². The Kier molecular flexibility index (Phi) is 6.79. The van der Waals surface area contributed by atoms with Crippen molar-refractivity contribution >= 4 is 12.6 Å². The van der Waals surface area contributed by atoms with Crippen LogP contribution >= 0.6 is 0 Å². The lowest BCUT2D eigenvalue weighted by Gasteiger charge is -2.19. The minimum atomic E-state index is -1.42. The van der Waals surface area contributed by atoms with Crippen molar-refractivity contribution in [3.63, 3.8) is 0 Å². The van der Waals surface area contributed by atoms with Crippen LogP contribution in [0.15, 0.2) is 24.3 Å². The van der Waals surface area contributed by atoms with Crippen LogP contribution in [-0.4, -0.2) is 48.3 Å². The van der Waals surface area contributed by atoms with Gasteiger partial charge in [0.25, 0.3) is 0 Å². The SMILES string of the molecule is CCCN(CC)CCOc1ccc(B(O)O)cc1. The van der Waals surface area contributed by atoms with Crippen molar-refractivity contribution in [3.05, 3.63) is 24.3 Å². The fourth-order valence-electron chi connectivity index (χ4n) is 1.77. The van der Waals surface area contributed by atoms with Crippen LogP contribution in [0.3, 0.4) is 0 Å². The summed E-state index contributed by atoms with van der Waals surface area (Å²) in [5.41, 5.74) is 0.475. The summed E-state index contributed by atoms with van der Waals surface area (Å²) in [6, 6.07) is 6.82. The Morgan fingerprint density at radius 3 is 2.28 bits per heavy atom. The number of likely N-dealkylation sites (N-methyl/N-ethyl adjacent to an activating group) is 1. The topological polar surface area (TPSA) is 52.9 Å². The number of hydrogen-bond donors (Lipinski definition) is 2. The van der Waals surface area contributed by atoms with E-state index >= 15 is 0 Å². The summed E-state index contributed by atoms with van der Waals surface area (Å²) < 4.78 is 5.61. The lowest BCUT2D eigenvalue weighted by molar-refractivity contribution is 0.216. The average Bonchev–Trinajstić information content (AvgIpc) is 2.38. The van der Waals surface area contributed by atoms with Crippen molar-refractivity contribution < 1.29 is 14.8 Å². The lowest BCUT2D eigenvalue weighted by Crippen LogP contribution is -2.30. The molecule has 1 aromatic rings. The van der Waals surface area contributed by atoms with Gasteiger partial charge in [-0.2, -0.15) is 0 Å². The van der Waals surface area contributed by atoms with Crippen molar-refractivity contribution in [2.24, 2.45) is 0 Å². The van der Waals surface area contributed by atoms with Crippen LogP contribution < -0.4 is 10.2 Å². The van der Waals surface area contributed by atoms with Crippen molar-refractivity contribution in [3.8, 4) is 5.75 Å². The Morgan fingerprint density at radius 2 is 1.78 bits per heavy atom. The summed E-state index contributed by atoms with van der Waals surface area (Å²) in [6.07, 6.45) is 1.15. The highest BCUT2D eigenvalue weighted by atomic mass is 16.5. The number of hydrogen-bond acceptors (Lipinski definition) is 4. The molecule has 0 saturated heterocycles. The molecule has 2 N–H and O–H groups in total. The van der Waals surface area contributed by atoms with E-state index in [1.165, 1.54) is 0 Å². The number of nitrogens with zero attached hydrogens (tertiary/aromatic N) is 1. The van der Waals surface area contributed by atoms with E-state index in [1.807, 2.05) is 0 Å². The third kappa shape index (κ3) is 5.08. The van der Waals surface area contributed by atoms with Gasteiger partial charge in [-0.3, -0.25) is 0 Å². The van der Waals surface area contributed by atoms with Crippen LogP contribution in [0.4, 0.5) is 0 Å². The predicted molar refractivity (Wildman–Crippen MR) is 74.2 cm³/mol. The molecule has 1 rings (SSSR count). The van der Waals surface area contributed by atoms with Gasteiger partial charge in [-0.05, 0) is 37.1 Å². The summed E-state index contributed by atoms with van der Waals surface area (Å²) in [4.78, 5) is 2.34. The van der Waals surface area contributed by atoms with Crippen LogP contribution in [0.1, 0.15) is 20.3 Å². The molecule has 0 bridgehead atoms. The van der Waals surface area contributed by atoms with Gasteiger partial charge < -0.3 is 19.7 Å². The zero-order chi connectivity index (χ0) is 13.4. The van der Waals surface area contributed by atoms with Crippen molar-refractivity contribution in [1.29, 1.82) is 0 Å². The number of rotatable bonds is 8. The molecule has 0 radical (unpaired) electrons. The zero-order valence-electron chi connectivity index (χ0n) is 11.2. The fraction of sp³-hybridized carbons (Fsp3) is 0.538. The van der Waals surface area contributed by atoms with Gasteiger partial charge in [0.05, 0.1) is 0 Å². The predicted octanol–water partition coefficient (Wildman–Crippen LogP) is 0.477. The zero-order valence-corrected chi connectivity index (χ0v) is 11.2. The molecule has 0 aliphatic rings. The first-order valence-electron chi connectivity index (χ1n) is 6.48. The minimum absolute atomic E-state index is 0.475. The normalized spacial score (nSPS) is 10.7. The Morgan fingerprint density at radius 1 is 1.11 bits per heavy atom. The summed E-state index contributed by atoms with van der Waals surface area (Å²) in [5, 5.41) is 17.9. The summed E-state index contributed by atoms with van der Waals surface area (Å²) in [6.45, 7) is 8.00. The van der Waals surface area contributed by atoms with E-state index in [2.05, 4.69) is 18.7 Å². The summed E-state index contributed by atoms with van der Waals surface area (Å²) >= 11 is 0. The third-order valence-corrected chi connectivity index (χ3v) is 2.84. The van der Waals surface area contributed by atoms with Crippen molar-refractivity contribution in [2.45, 2.75) is 20.3 Å². The standard InChI is InChI=1S/C13H22BNO3/c1-3-9-15(4-2)10-11-18-13-7-5-12(6-8-13)14(16)17/h5-8,16-17H,3-4,9-11H2,1-2H3. The van der Waals surface area contributed by atoms with E-state index in [0.717, 1.165) is 31.8 Å². The minimum Gasteiger partial charge on any atom is -0.492 e. The Hall–Kier alpha value is -1.04. The quantitative estimate of drug-likeness (QED) is 0.660. The molecule has 0 fully saturated rings. The molecule has 1 aromatic carbocycles. The van der Waals surface area contributed by atoms with E-state index in [9.17, 15) is 0 Å². The Bertz CT molecular complexity index is 330. The molecule has 100 valence electrons. The molecule has 0 spiro atoms. The van der Waals surface area contributed by atoms with Crippen LogP contribution in [0.2, 0.25) is 0 Å². The first-order valence-corrected chi connectivity index (χ1v) is 6.48. The molecule has 4 nitrogen and oxygen atoms in total. The van der Waals surface area contributed by atoms with Gasteiger partial charge in [0.2, 0.25) is 0 Å². The molecule has 0 saturated carbocycles. The monoisotopic (exact) mass is 251 g/mol. The van der Waals surface area contributed by atoms with E-state index < -0.39 is 7.12 Å². The van der Waals surface area contributed by atoms with E-state index in [-0.39, 0.29) is 0 Å².